The van der Waals surface area contributed by atoms with Crippen LogP contribution in [0.2, 0.25) is 0 Å². The molecule has 98 valence electrons. The van der Waals surface area contributed by atoms with Gasteiger partial charge in [-0.25, -0.2) is 0 Å². The second-order valence-electron chi connectivity index (χ2n) is 4.34. The van der Waals surface area contributed by atoms with Gasteiger partial charge in [0.25, 0.3) is 0 Å². The number of methoxy groups -OCH3 is 1. The Morgan fingerprint density at radius 1 is 1.26 bits per heavy atom. The van der Waals surface area contributed by atoms with Gasteiger partial charge in [-0.1, -0.05) is 11.3 Å². The zero-order chi connectivity index (χ0) is 13.6. The lowest BCUT2D eigenvalue weighted by molar-refractivity contribution is 0.416. The van der Waals surface area contributed by atoms with Crippen LogP contribution in [0.4, 0.5) is 5.69 Å². The zero-order valence-corrected chi connectivity index (χ0v) is 11.8. The molecule has 2 aromatic heterocycles. The Labute approximate surface area is 114 Å². The molecule has 0 atom stereocenters. The van der Waals surface area contributed by atoms with E-state index in [4.69, 9.17) is 10.5 Å². The molecular weight excluding hydrogens is 260 g/mol. The molecule has 1 aromatic carbocycles. The minimum atomic E-state index is 0.678. The number of hydrogen-bond donors (Lipinski definition) is 1. The predicted octanol–water partition coefficient (Wildman–Crippen LogP) is 2.67. The van der Waals surface area contributed by atoms with E-state index in [1.807, 2.05) is 22.6 Å². The smallest absolute Gasteiger partial charge is 0.216 e. The Hall–Kier alpha value is -2.08. The Balaban J connectivity index is 2.32. The summed E-state index contributed by atoms with van der Waals surface area (Å²) >= 11 is 1.63. The van der Waals surface area contributed by atoms with Crippen molar-refractivity contribution < 1.29 is 4.74 Å². The van der Waals surface area contributed by atoms with Gasteiger partial charge in [0.05, 0.1) is 12.7 Å². The first-order chi connectivity index (χ1) is 9.11. The van der Waals surface area contributed by atoms with Crippen LogP contribution in [0.5, 0.6) is 5.75 Å². The highest BCUT2D eigenvalue weighted by Crippen LogP contribution is 2.33. The fourth-order valence-corrected chi connectivity index (χ4v) is 2.99. The van der Waals surface area contributed by atoms with Crippen molar-refractivity contribution in [2.24, 2.45) is 0 Å². The van der Waals surface area contributed by atoms with Crippen molar-refractivity contribution in [2.45, 2.75) is 13.8 Å². The third-order valence-corrected chi connectivity index (χ3v) is 4.24. The second-order valence-corrected chi connectivity index (χ2v) is 5.53. The molecule has 0 radical (unpaired) electrons. The maximum absolute atomic E-state index is 5.87. The summed E-state index contributed by atoms with van der Waals surface area (Å²) in [5, 5.41) is 8.48. The van der Waals surface area contributed by atoms with Gasteiger partial charge in [-0.05, 0) is 32.0 Å². The largest absolute Gasteiger partial charge is 0.496 e. The third kappa shape index (κ3) is 1.76. The maximum atomic E-state index is 5.87. The van der Waals surface area contributed by atoms with E-state index in [1.54, 1.807) is 18.4 Å². The van der Waals surface area contributed by atoms with Gasteiger partial charge in [0.15, 0.2) is 5.82 Å². The van der Waals surface area contributed by atoms with Crippen LogP contribution in [0.25, 0.3) is 16.3 Å². The summed E-state index contributed by atoms with van der Waals surface area (Å²) in [4.78, 5) is 2.11. The second kappa shape index (κ2) is 4.24. The number of nitrogens with two attached hydrogens (primary N) is 1. The predicted molar refractivity (Wildman–Crippen MR) is 76.7 cm³/mol. The first-order valence-electron chi connectivity index (χ1n) is 5.87. The standard InChI is InChI=1S/C13H14N4OS/c1-7-8(2)19-13-16-15-12(17(7)13)10-6-9(14)4-5-11(10)18-3/h4-6H,14H2,1-3H3. The molecule has 0 amide bonds. The van der Waals surface area contributed by atoms with Crippen LogP contribution in [0.3, 0.4) is 0 Å². The number of rotatable bonds is 2. The lowest BCUT2D eigenvalue weighted by atomic mass is 10.1. The van der Waals surface area contributed by atoms with Crippen molar-refractivity contribution in [1.82, 2.24) is 14.6 Å². The molecule has 19 heavy (non-hydrogen) atoms. The van der Waals surface area contributed by atoms with Crippen molar-refractivity contribution in [1.29, 1.82) is 0 Å². The zero-order valence-electron chi connectivity index (χ0n) is 11.0. The minimum absolute atomic E-state index is 0.678. The number of nitrogen functional groups attached to an aromatic ring is 1. The summed E-state index contributed by atoms with van der Waals surface area (Å²) < 4.78 is 7.43. The first-order valence-corrected chi connectivity index (χ1v) is 6.68. The number of anilines is 1. The monoisotopic (exact) mass is 274 g/mol. The number of benzene rings is 1. The van der Waals surface area contributed by atoms with E-state index in [0.29, 0.717) is 5.69 Å². The lowest BCUT2D eigenvalue weighted by Crippen LogP contribution is -1.96. The Morgan fingerprint density at radius 2 is 2.05 bits per heavy atom. The van der Waals surface area contributed by atoms with Gasteiger partial charge in [-0.2, -0.15) is 0 Å². The summed E-state index contributed by atoms with van der Waals surface area (Å²) in [5.74, 6) is 1.51. The van der Waals surface area contributed by atoms with Crippen molar-refractivity contribution >= 4 is 22.0 Å². The van der Waals surface area contributed by atoms with Crippen LogP contribution < -0.4 is 10.5 Å². The molecule has 2 heterocycles. The molecule has 0 aliphatic rings. The van der Waals surface area contributed by atoms with Gasteiger partial charge in [0, 0.05) is 16.3 Å². The van der Waals surface area contributed by atoms with Crippen LogP contribution >= 0.6 is 11.3 Å². The van der Waals surface area contributed by atoms with Gasteiger partial charge in [-0.15, -0.1) is 10.2 Å². The molecule has 5 nitrogen and oxygen atoms in total. The van der Waals surface area contributed by atoms with Crippen LogP contribution in [0, 0.1) is 13.8 Å². The van der Waals surface area contributed by atoms with Crippen LogP contribution in [-0.4, -0.2) is 21.7 Å². The van der Waals surface area contributed by atoms with Crippen molar-refractivity contribution in [3.05, 3.63) is 28.8 Å². The molecule has 3 aromatic rings. The number of fused-ring (bicyclic) bond motifs is 1. The Kier molecular flexibility index (Phi) is 2.67. The van der Waals surface area contributed by atoms with Gasteiger partial charge in [0.2, 0.25) is 4.96 Å². The Morgan fingerprint density at radius 3 is 2.79 bits per heavy atom. The number of ether oxygens (including phenoxy) is 1. The summed E-state index contributed by atoms with van der Waals surface area (Å²) in [6.07, 6.45) is 0. The molecule has 0 bridgehead atoms. The molecule has 0 saturated carbocycles. The maximum Gasteiger partial charge on any atom is 0.216 e. The molecule has 3 rings (SSSR count). The van der Waals surface area contributed by atoms with Crippen LogP contribution in [0.1, 0.15) is 10.6 Å². The number of nitrogens with zero attached hydrogens (tertiary/aromatic N) is 3. The molecule has 0 aliphatic heterocycles. The van der Waals surface area contributed by atoms with E-state index in [9.17, 15) is 0 Å². The highest BCUT2D eigenvalue weighted by Gasteiger charge is 2.17. The molecular formula is C13H14N4OS. The van der Waals surface area contributed by atoms with E-state index >= 15 is 0 Å². The number of aryl methyl sites for hydroxylation is 2. The van der Waals surface area contributed by atoms with Gasteiger partial charge < -0.3 is 10.5 Å². The number of aromatic nitrogens is 3. The molecule has 0 saturated heterocycles. The van der Waals surface area contributed by atoms with Gasteiger partial charge in [0.1, 0.15) is 5.75 Å². The summed E-state index contributed by atoms with van der Waals surface area (Å²) in [7, 11) is 1.64. The normalized spacial score (nSPS) is 11.1. The highest BCUT2D eigenvalue weighted by molar-refractivity contribution is 7.17. The SMILES string of the molecule is COc1ccc(N)cc1-c1nnc2sc(C)c(C)n12. The molecule has 6 heteroatoms. The van der Waals surface area contributed by atoms with Crippen LogP contribution in [-0.2, 0) is 0 Å². The molecule has 0 aliphatic carbocycles. The highest BCUT2D eigenvalue weighted by atomic mass is 32.1. The van der Waals surface area contributed by atoms with Crippen molar-refractivity contribution in [2.75, 3.05) is 12.8 Å². The molecule has 0 fully saturated rings. The number of thiazole rings is 1. The quantitative estimate of drug-likeness (QED) is 0.730. The topological polar surface area (TPSA) is 65.4 Å². The first kappa shape index (κ1) is 12.0. The lowest BCUT2D eigenvalue weighted by Gasteiger charge is -2.08. The van der Waals surface area contributed by atoms with Crippen molar-refractivity contribution in [3.63, 3.8) is 0 Å². The summed E-state index contributed by atoms with van der Waals surface area (Å²) in [6.45, 7) is 4.14. The fourth-order valence-electron chi connectivity index (χ4n) is 2.08. The third-order valence-electron chi connectivity index (χ3n) is 3.19. The van der Waals surface area contributed by atoms with E-state index in [0.717, 1.165) is 27.8 Å². The molecule has 0 unspecified atom stereocenters. The van der Waals surface area contributed by atoms with E-state index in [2.05, 4.69) is 24.0 Å². The van der Waals surface area contributed by atoms with E-state index < -0.39 is 0 Å². The van der Waals surface area contributed by atoms with Crippen LogP contribution in [0.15, 0.2) is 18.2 Å². The molecule has 0 spiro atoms. The summed E-state index contributed by atoms with van der Waals surface area (Å²) in [6, 6.07) is 5.52. The van der Waals surface area contributed by atoms with Gasteiger partial charge in [-0.3, -0.25) is 4.40 Å². The van der Waals surface area contributed by atoms with Crippen molar-refractivity contribution in [3.8, 4) is 17.1 Å². The van der Waals surface area contributed by atoms with E-state index in [1.165, 1.54) is 4.88 Å². The van der Waals surface area contributed by atoms with Gasteiger partial charge >= 0.3 is 0 Å². The molecule has 2 N–H and O–H groups in total. The van der Waals surface area contributed by atoms with E-state index in [-0.39, 0.29) is 0 Å². The fraction of sp³-hybridized carbons (Fsp3) is 0.231. The minimum Gasteiger partial charge on any atom is -0.496 e. The Bertz CT molecular complexity index is 759. The number of hydrogen-bond acceptors (Lipinski definition) is 5. The average Bonchev–Trinajstić information content (AvgIpc) is 2.91. The average molecular weight is 274 g/mol. The summed E-state index contributed by atoms with van der Waals surface area (Å²) in [5.41, 5.74) is 8.54.